The Balaban J connectivity index is 2.53. The molecular weight excluding hydrogens is 206 g/mol. The molecule has 0 saturated heterocycles. The number of hydroxylamine groups is 1. The number of carbonyl (C=O) groups is 1. The first-order chi connectivity index (χ1) is 7.29. The Morgan fingerprint density at radius 3 is 2.50 bits per heavy atom. The van der Waals surface area contributed by atoms with Crippen molar-refractivity contribution in [3.63, 3.8) is 0 Å². The van der Waals surface area contributed by atoms with Crippen LogP contribution in [0.2, 0.25) is 0 Å². The van der Waals surface area contributed by atoms with Crippen LogP contribution >= 0.6 is 0 Å². The molecule has 1 amide bonds. The van der Waals surface area contributed by atoms with E-state index in [1.165, 1.54) is 0 Å². The van der Waals surface area contributed by atoms with E-state index in [4.69, 9.17) is 4.84 Å². The third-order valence-electron chi connectivity index (χ3n) is 2.09. The molecular formula is C11H19N3O2. The first kappa shape index (κ1) is 12.7. The minimum Gasteiger partial charge on any atom is -0.282 e. The van der Waals surface area contributed by atoms with Crippen LogP contribution in [0.15, 0.2) is 0 Å². The lowest BCUT2D eigenvalue weighted by molar-refractivity contribution is -0.144. The molecule has 1 aromatic rings. The van der Waals surface area contributed by atoms with Gasteiger partial charge in [0.15, 0.2) is 0 Å². The van der Waals surface area contributed by atoms with Crippen LogP contribution in [0.4, 0.5) is 0 Å². The molecule has 0 fully saturated rings. The summed E-state index contributed by atoms with van der Waals surface area (Å²) in [5.41, 5.74) is 4.75. The first-order valence-electron chi connectivity index (χ1n) is 5.27. The fraction of sp³-hybridized carbons (Fsp3) is 0.636. The summed E-state index contributed by atoms with van der Waals surface area (Å²) in [6.07, 6.45) is 0.282. The van der Waals surface area contributed by atoms with Gasteiger partial charge in [0.1, 0.15) is 0 Å². The molecule has 0 aliphatic rings. The fourth-order valence-corrected chi connectivity index (χ4v) is 1.24. The van der Waals surface area contributed by atoms with E-state index in [9.17, 15) is 4.79 Å². The van der Waals surface area contributed by atoms with Crippen molar-refractivity contribution >= 4 is 5.91 Å². The predicted octanol–water partition coefficient (Wildman–Crippen LogP) is 1.42. The van der Waals surface area contributed by atoms with Crippen molar-refractivity contribution in [2.24, 2.45) is 0 Å². The Kier molecular flexibility index (Phi) is 3.70. The first-order valence-corrected chi connectivity index (χ1v) is 5.27. The monoisotopic (exact) mass is 225 g/mol. The van der Waals surface area contributed by atoms with Crippen LogP contribution < -0.4 is 5.48 Å². The number of rotatable bonds is 3. The molecule has 5 nitrogen and oxygen atoms in total. The SMILES string of the molecule is Cc1n[nH]c(C)c1CC(=O)NOC(C)(C)C. The van der Waals surface area contributed by atoms with Crippen molar-refractivity contribution in [2.75, 3.05) is 0 Å². The highest BCUT2D eigenvalue weighted by Crippen LogP contribution is 2.10. The van der Waals surface area contributed by atoms with Crippen molar-refractivity contribution in [3.8, 4) is 0 Å². The number of amides is 1. The Hall–Kier alpha value is -1.36. The number of nitrogens with zero attached hydrogens (tertiary/aromatic N) is 1. The summed E-state index contributed by atoms with van der Waals surface area (Å²) in [5.74, 6) is -0.164. The van der Waals surface area contributed by atoms with Crippen molar-refractivity contribution in [1.82, 2.24) is 15.7 Å². The zero-order valence-corrected chi connectivity index (χ0v) is 10.5. The summed E-state index contributed by atoms with van der Waals surface area (Å²) in [7, 11) is 0. The van der Waals surface area contributed by atoms with Gasteiger partial charge in [-0.05, 0) is 34.6 Å². The van der Waals surface area contributed by atoms with Crippen LogP contribution in [0.5, 0.6) is 0 Å². The van der Waals surface area contributed by atoms with E-state index in [0.29, 0.717) is 0 Å². The number of aryl methyl sites for hydroxylation is 2. The molecule has 0 spiro atoms. The average Bonchev–Trinajstić information content (AvgIpc) is 2.45. The van der Waals surface area contributed by atoms with Crippen LogP contribution in [0.3, 0.4) is 0 Å². The highest BCUT2D eigenvalue weighted by Gasteiger charge is 2.15. The molecule has 0 aromatic carbocycles. The van der Waals surface area contributed by atoms with Gasteiger partial charge in [0, 0.05) is 11.3 Å². The minimum absolute atomic E-state index is 0.164. The maximum absolute atomic E-state index is 11.6. The van der Waals surface area contributed by atoms with Gasteiger partial charge < -0.3 is 0 Å². The number of hydrogen-bond acceptors (Lipinski definition) is 3. The van der Waals surface area contributed by atoms with E-state index in [1.807, 2.05) is 34.6 Å². The molecule has 0 aliphatic carbocycles. The van der Waals surface area contributed by atoms with Gasteiger partial charge in [-0.2, -0.15) is 5.10 Å². The van der Waals surface area contributed by atoms with Crippen molar-refractivity contribution in [1.29, 1.82) is 0 Å². The van der Waals surface area contributed by atoms with Gasteiger partial charge >= 0.3 is 0 Å². The fourth-order valence-electron chi connectivity index (χ4n) is 1.24. The van der Waals surface area contributed by atoms with Gasteiger partial charge in [-0.25, -0.2) is 5.48 Å². The van der Waals surface area contributed by atoms with E-state index < -0.39 is 0 Å². The van der Waals surface area contributed by atoms with Crippen molar-refractivity contribution in [3.05, 3.63) is 17.0 Å². The molecule has 90 valence electrons. The lowest BCUT2D eigenvalue weighted by Gasteiger charge is -2.18. The highest BCUT2D eigenvalue weighted by atomic mass is 16.7. The molecule has 16 heavy (non-hydrogen) atoms. The maximum atomic E-state index is 11.6. The molecule has 1 heterocycles. The lowest BCUT2D eigenvalue weighted by atomic mass is 10.1. The summed E-state index contributed by atoms with van der Waals surface area (Å²) in [6.45, 7) is 9.40. The summed E-state index contributed by atoms with van der Waals surface area (Å²) < 4.78 is 0. The van der Waals surface area contributed by atoms with E-state index in [1.54, 1.807) is 0 Å². The van der Waals surface area contributed by atoms with Crippen LogP contribution in [0.25, 0.3) is 0 Å². The van der Waals surface area contributed by atoms with E-state index in [2.05, 4.69) is 15.7 Å². The number of H-pyrrole nitrogens is 1. The van der Waals surface area contributed by atoms with Gasteiger partial charge in [0.25, 0.3) is 0 Å². The number of carbonyl (C=O) groups excluding carboxylic acids is 1. The van der Waals surface area contributed by atoms with E-state index >= 15 is 0 Å². The third-order valence-corrected chi connectivity index (χ3v) is 2.09. The van der Waals surface area contributed by atoms with Crippen LogP contribution in [0, 0.1) is 13.8 Å². The Morgan fingerprint density at radius 2 is 2.06 bits per heavy atom. The standard InChI is InChI=1S/C11H19N3O2/c1-7-9(8(2)13-12-7)6-10(15)14-16-11(3,4)5/h6H2,1-5H3,(H,12,13)(H,14,15). The molecule has 0 saturated carbocycles. The van der Waals surface area contributed by atoms with Crippen LogP contribution in [-0.2, 0) is 16.1 Å². The maximum Gasteiger partial charge on any atom is 0.248 e. The minimum atomic E-state index is -0.379. The topological polar surface area (TPSA) is 67.0 Å². The van der Waals surface area contributed by atoms with Gasteiger partial charge in [0.2, 0.25) is 5.91 Å². The number of aromatic amines is 1. The molecule has 5 heteroatoms. The van der Waals surface area contributed by atoms with Crippen molar-refractivity contribution in [2.45, 2.75) is 46.6 Å². The average molecular weight is 225 g/mol. The quantitative estimate of drug-likeness (QED) is 0.764. The van der Waals surface area contributed by atoms with Crippen molar-refractivity contribution < 1.29 is 9.63 Å². The molecule has 1 rings (SSSR count). The normalized spacial score (nSPS) is 11.6. The molecule has 0 atom stereocenters. The second-order valence-electron chi connectivity index (χ2n) is 4.83. The van der Waals surface area contributed by atoms with Gasteiger partial charge in [-0.15, -0.1) is 0 Å². The van der Waals surface area contributed by atoms with Crippen LogP contribution in [-0.4, -0.2) is 21.7 Å². The summed E-state index contributed by atoms with van der Waals surface area (Å²) in [5, 5.41) is 6.88. The van der Waals surface area contributed by atoms with E-state index in [-0.39, 0.29) is 17.9 Å². The third kappa shape index (κ3) is 3.66. The predicted molar refractivity (Wildman–Crippen MR) is 60.7 cm³/mol. The molecule has 2 N–H and O–H groups in total. The number of aromatic nitrogens is 2. The van der Waals surface area contributed by atoms with Gasteiger partial charge in [0.05, 0.1) is 17.7 Å². The smallest absolute Gasteiger partial charge is 0.248 e. The van der Waals surface area contributed by atoms with Gasteiger partial charge in [-0.3, -0.25) is 14.7 Å². The Bertz CT molecular complexity index is 358. The summed E-state index contributed by atoms with van der Waals surface area (Å²) in [6, 6.07) is 0. The molecule has 0 aliphatic heterocycles. The molecule has 0 bridgehead atoms. The lowest BCUT2D eigenvalue weighted by Crippen LogP contribution is -2.34. The molecule has 1 aromatic heterocycles. The molecule has 0 radical (unpaired) electrons. The Labute approximate surface area is 95.5 Å². The zero-order chi connectivity index (χ0) is 12.3. The summed E-state index contributed by atoms with van der Waals surface area (Å²) in [4.78, 5) is 16.8. The Morgan fingerprint density at radius 1 is 1.44 bits per heavy atom. The highest BCUT2D eigenvalue weighted by molar-refractivity contribution is 5.78. The molecule has 0 unspecified atom stereocenters. The summed E-state index contributed by atoms with van der Waals surface area (Å²) >= 11 is 0. The second kappa shape index (κ2) is 4.65. The second-order valence-corrected chi connectivity index (χ2v) is 4.83. The largest absolute Gasteiger partial charge is 0.282 e. The van der Waals surface area contributed by atoms with Gasteiger partial charge in [-0.1, -0.05) is 0 Å². The van der Waals surface area contributed by atoms with Crippen LogP contribution in [0.1, 0.15) is 37.7 Å². The van der Waals surface area contributed by atoms with E-state index in [0.717, 1.165) is 17.0 Å². The zero-order valence-electron chi connectivity index (χ0n) is 10.5. The number of nitrogens with one attached hydrogen (secondary N) is 2. The number of hydrogen-bond donors (Lipinski definition) is 2.